The molecule has 0 saturated carbocycles. The van der Waals surface area contributed by atoms with E-state index in [1.54, 1.807) is 0 Å². The first-order valence-electron chi connectivity index (χ1n) is 26.2. The molecule has 4 fully saturated rings. The molecule has 72 heavy (non-hydrogen) atoms. The van der Waals surface area contributed by atoms with Crippen molar-refractivity contribution in [3.05, 3.63) is 115 Å². The molecule has 0 bridgehead atoms. The maximum atomic E-state index is 12.9. The van der Waals surface area contributed by atoms with Crippen LogP contribution in [0.3, 0.4) is 0 Å². The van der Waals surface area contributed by atoms with Crippen molar-refractivity contribution in [2.24, 2.45) is 0 Å². The Morgan fingerprint density at radius 1 is 0.319 bits per heavy atom. The Balaban J connectivity index is 0.000000506. The van der Waals surface area contributed by atoms with E-state index in [0.29, 0.717) is 35.1 Å². The van der Waals surface area contributed by atoms with Gasteiger partial charge in [-0.3, -0.25) is 0 Å². The molecule has 8 rings (SSSR count). The van der Waals surface area contributed by atoms with E-state index in [4.69, 9.17) is 18.9 Å². The van der Waals surface area contributed by atoms with Crippen LogP contribution < -0.4 is 39.3 Å². The molecule has 4 saturated heterocycles. The molecule has 0 unspecified atom stereocenters. The number of benzene rings is 4. The van der Waals surface area contributed by atoms with E-state index in [1.165, 1.54) is 51.4 Å². The van der Waals surface area contributed by atoms with E-state index in [1.807, 2.05) is 76.2 Å². The van der Waals surface area contributed by atoms with E-state index >= 15 is 0 Å². The van der Waals surface area contributed by atoms with Crippen molar-refractivity contribution in [1.29, 1.82) is 0 Å². The van der Waals surface area contributed by atoms with E-state index in [-0.39, 0.29) is 105 Å². The summed E-state index contributed by atoms with van der Waals surface area (Å²) >= 11 is 0. The number of hydrogen-bond acceptors (Lipinski definition) is 8. The molecule has 0 atom stereocenters. The molecule has 1 radical (unpaired) electrons. The van der Waals surface area contributed by atoms with Gasteiger partial charge in [-0.2, -0.15) is 0 Å². The van der Waals surface area contributed by atoms with E-state index in [9.17, 15) is 20.4 Å². The summed E-state index contributed by atoms with van der Waals surface area (Å²) in [5.41, 5.74) is 9.57. The van der Waals surface area contributed by atoms with E-state index in [0.717, 1.165) is 97.4 Å². The van der Waals surface area contributed by atoms with Gasteiger partial charge < -0.3 is 39.4 Å². The molecule has 10 heteroatoms. The minimum atomic E-state index is -0.207. The van der Waals surface area contributed by atoms with Crippen LogP contribution in [0.4, 0.5) is 0 Å². The summed E-state index contributed by atoms with van der Waals surface area (Å²) in [7, 11) is 0. The first-order chi connectivity index (χ1) is 32.6. The Labute approximate surface area is 483 Å². The molecule has 0 aliphatic carbocycles. The molecule has 4 aliphatic heterocycles. The summed E-state index contributed by atoms with van der Waals surface area (Å²) in [6, 6.07) is 15.6. The molecular weight excluding hydrogens is 1020 g/mol. The minimum Gasteiger partial charge on any atom is -0.872 e. The van der Waals surface area contributed by atoms with Crippen LogP contribution in [0, 0.1) is 69.4 Å². The van der Waals surface area contributed by atoms with Gasteiger partial charge in [-0.1, -0.05) is 176 Å². The third-order valence-corrected chi connectivity index (χ3v) is 12.5. The summed E-state index contributed by atoms with van der Waals surface area (Å²) in [4.78, 5) is 0. The molecule has 4 aromatic rings. The van der Waals surface area contributed by atoms with Crippen molar-refractivity contribution in [2.75, 3.05) is 52.9 Å². The topological polar surface area (TPSA) is 129 Å². The fourth-order valence-electron chi connectivity index (χ4n) is 8.60. The van der Waals surface area contributed by atoms with Gasteiger partial charge in [0.15, 0.2) is 0 Å². The largest absolute Gasteiger partial charge is 3.00 e. The Hall–Kier alpha value is -2.11. The van der Waals surface area contributed by atoms with Gasteiger partial charge in [-0.25, -0.2) is 0 Å². The van der Waals surface area contributed by atoms with Crippen LogP contribution in [0.5, 0.6) is 23.0 Å². The molecule has 8 nitrogen and oxygen atoms in total. The van der Waals surface area contributed by atoms with Crippen molar-refractivity contribution in [1.82, 2.24) is 0 Å². The number of hydrogen-bond donors (Lipinski definition) is 0. The maximum Gasteiger partial charge on any atom is 3.00 e. The van der Waals surface area contributed by atoms with Crippen molar-refractivity contribution < 1.29 is 100.0 Å². The zero-order valence-electron chi connectivity index (χ0n) is 48.1. The van der Waals surface area contributed by atoms with Crippen molar-refractivity contribution >= 4 is 0 Å². The van der Waals surface area contributed by atoms with E-state index in [2.05, 4.69) is 83.1 Å². The fourth-order valence-corrected chi connectivity index (χ4v) is 8.60. The zero-order valence-corrected chi connectivity index (χ0v) is 51.3. The average Bonchev–Trinajstić information content (AvgIpc) is 4.11. The molecule has 0 N–H and O–H groups in total. The Bertz CT molecular complexity index is 1870. The second-order valence-electron chi connectivity index (χ2n) is 23.8. The van der Waals surface area contributed by atoms with Crippen LogP contribution in [0.1, 0.15) is 201 Å². The van der Waals surface area contributed by atoms with Gasteiger partial charge in [0, 0.05) is 52.9 Å². The monoisotopic (exact) mass is 1110 g/mol. The summed E-state index contributed by atoms with van der Waals surface area (Å²) in [6.45, 7) is 40.7. The van der Waals surface area contributed by atoms with Crippen LogP contribution in [-0.2, 0) is 53.4 Å². The van der Waals surface area contributed by atoms with Crippen LogP contribution in [0.2, 0.25) is 0 Å². The molecule has 393 valence electrons. The van der Waals surface area contributed by atoms with Gasteiger partial charge in [-0.15, -0.1) is 23.0 Å². The second kappa shape index (κ2) is 31.8. The quantitative estimate of drug-likeness (QED) is 0.185. The maximum absolute atomic E-state index is 12.9. The normalized spacial score (nSPS) is 15.3. The minimum absolute atomic E-state index is 0. The third-order valence-electron chi connectivity index (χ3n) is 12.5. The molecule has 0 spiro atoms. The van der Waals surface area contributed by atoms with Gasteiger partial charge >= 0.3 is 60.6 Å². The second-order valence-corrected chi connectivity index (χ2v) is 23.8. The van der Waals surface area contributed by atoms with Crippen LogP contribution >= 0.6 is 0 Å². The predicted molar refractivity (Wildman–Crippen MR) is 283 cm³/mol. The zero-order chi connectivity index (χ0) is 52.5. The molecule has 4 heterocycles. The first kappa shape index (κ1) is 67.9. The van der Waals surface area contributed by atoms with Crippen molar-refractivity contribution in [2.45, 2.75) is 197 Å². The number of ether oxygens (including phenoxy) is 4. The summed E-state index contributed by atoms with van der Waals surface area (Å²) in [5.74, 6) is 0.264. The molecule has 4 aromatic carbocycles. The summed E-state index contributed by atoms with van der Waals surface area (Å²) in [6.07, 6.45) is 11.0. The predicted octanol–water partition coefficient (Wildman–Crippen LogP) is 9.46. The van der Waals surface area contributed by atoms with Gasteiger partial charge in [-0.05, 0) is 136 Å². The third kappa shape index (κ3) is 23.4. The van der Waals surface area contributed by atoms with Gasteiger partial charge in [0.25, 0.3) is 0 Å². The van der Waals surface area contributed by atoms with Crippen molar-refractivity contribution in [3.63, 3.8) is 0 Å². The Kier molecular flexibility index (Phi) is 30.0. The van der Waals surface area contributed by atoms with E-state index < -0.39 is 0 Å². The standard InChI is InChI=1S/2C23H32O2.4C4H8O.Ce.Li/c2*1-14-9-16(20(24)18(11-14)22(3,4)5)13-17-10-15(2)12-19(21(17)25)23(6,7)8;4*1-2-4-5-3-1;;/h2*9-12,24-25H,13H2,1-8H3;4*1-4H2;;/q;;;;;;+3;+1/p-4. The van der Waals surface area contributed by atoms with Crippen molar-refractivity contribution in [3.8, 4) is 23.0 Å². The first-order valence-corrected chi connectivity index (χ1v) is 26.2. The molecule has 0 amide bonds. The van der Waals surface area contributed by atoms with Crippen LogP contribution in [0.15, 0.2) is 48.5 Å². The van der Waals surface area contributed by atoms with Crippen LogP contribution in [0.25, 0.3) is 0 Å². The van der Waals surface area contributed by atoms with Crippen LogP contribution in [-0.4, -0.2) is 52.9 Å². The number of rotatable bonds is 4. The Morgan fingerprint density at radius 3 is 0.583 bits per heavy atom. The molecular formula is C62H92CeLiO8. The summed E-state index contributed by atoms with van der Waals surface area (Å²) < 4.78 is 19.8. The molecule has 4 aliphatic rings. The average molecular weight is 1110 g/mol. The smallest absolute Gasteiger partial charge is 0.872 e. The van der Waals surface area contributed by atoms with Gasteiger partial charge in [0.05, 0.1) is 0 Å². The summed E-state index contributed by atoms with van der Waals surface area (Å²) in [5, 5.41) is 51.8. The molecule has 0 aromatic heterocycles. The fraction of sp³-hybridized carbons (Fsp3) is 0.613. The van der Waals surface area contributed by atoms with Gasteiger partial charge in [0.1, 0.15) is 0 Å². The SMILES string of the molecule is C1CCOC1.C1CCOC1.C1CCOC1.C1CCOC1.Cc1cc(Cc2cc(C)cc(C(C)(C)C)c2[O-])c([O-])c(C(C)(C)C)c1.Cc1cc(Cc2cc(C)cc(C(C)(C)C)c2[O-])c([O-])c(C(C)(C)C)c1.[Ce+3].[Li+]. The Morgan fingerprint density at radius 2 is 0.472 bits per heavy atom. The van der Waals surface area contributed by atoms with Gasteiger partial charge in [0.2, 0.25) is 0 Å². The number of aryl methyl sites for hydroxylation is 4.